The molecule has 12 heteroatoms. The average Bonchev–Trinajstić information content (AvgIpc) is 3.54. The summed E-state index contributed by atoms with van der Waals surface area (Å²) in [6.07, 6.45) is 3.17. The molecule has 0 aliphatic heterocycles. The molecular weight excluding hydrogens is 651 g/mol. The lowest BCUT2D eigenvalue weighted by Gasteiger charge is -2.09. The number of aryl methyl sites for hydroxylation is 1. The van der Waals surface area contributed by atoms with Crippen LogP contribution in [0.2, 0.25) is 5.02 Å². The van der Waals surface area contributed by atoms with Crippen LogP contribution < -0.4 is 15.5 Å². The lowest BCUT2D eigenvalue weighted by atomic mass is 10.1. The number of furan rings is 1. The van der Waals surface area contributed by atoms with Crippen molar-refractivity contribution in [3.8, 4) is 5.95 Å². The molecule has 4 aromatic rings. The Morgan fingerprint density at radius 2 is 2.05 bits per heavy atom. The smallest absolute Gasteiger partial charge is 0.285 e. The first-order chi connectivity index (χ1) is 18.9. The van der Waals surface area contributed by atoms with Crippen molar-refractivity contribution in [3.63, 3.8) is 0 Å². The zero-order valence-corrected chi connectivity index (χ0v) is 24.8. The van der Waals surface area contributed by atoms with Gasteiger partial charge < -0.3 is 19.0 Å². The van der Waals surface area contributed by atoms with Crippen LogP contribution in [0, 0.1) is 10.5 Å². The second-order valence-electron chi connectivity index (χ2n) is 8.22. The van der Waals surface area contributed by atoms with Crippen LogP contribution in [0.5, 0.6) is 5.95 Å². The zero-order chi connectivity index (χ0) is 27.6. The number of nitrogens with one attached hydrogen (secondary N) is 2. The fraction of sp³-hybridized carbons (Fsp3) is 0.185. The number of thioether (sulfide) groups is 1. The number of benzene rings is 2. The summed E-state index contributed by atoms with van der Waals surface area (Å²) in [4.78, 5) is 12.3. The van der Waals surface area contributed by atoms with Crippen molar-refractivity contribution in [1.29, 1.82) is 0 Å². The molecule has 39 heavy (non-hydrogen) atoms. The average molecular weight is 677 g/mol. The van der Waals surface area contributed by atoms with E-state index < -0.39 is 0 Å². The number of rotatable bonds is 13. The van der Waals surface area contributed by atoms with E-state index in [1.165, 1.54) is 18.0 Å². The molecule has 2 heterocycles. The second-order valence-corrected chi connectivity index (χ2v) is 10.8. The Bertz CT molecular complexity index is 1430. The van der Waals surface area contributed by atoms with Crippen LogP contribution >= 0.6 is 46.0 Å². The van der Waals surface area contributed by atoms with Gasteiger partial charge >= 0.3 is 0 Å². The molecule has 0 radical (unpaired) electrons. The Balaban J connectivity index is 1.25. The predicted octanol–water partition coefficient (Wildman–Crippen LogP) is 6.06. The van der Waals surface area contributed by atoms with Crippen LogP contribution in [0.15, 0.2) is 81.9 Å². The minimum Gasteiger partial charge on any atom is -0.460 e. The minimum absolute atomic E-state index is 0.112. The van der Waals surface area contributed by atoms with Crippen LogP contribution in [0.3, 0.4) is 0 Å². The van der Waals surface area contributed by atoms with E-state index in [2.05, 4.69) is 55.2 Å². The van der Waals surface area contributed by atoms with E-state index >= 15 is 0 Å². The lowest BCUT2D eigenvalue weighted by Crippen LogP contribution is -2.20. The van der Waals surface area contributed by atoms with Crippen molar-refractivity contribution in [2.75, 3.05) is 11.1 Å². The van der Waals surface area contributed by atoms with Crippen LogP contribution in [-0.2, 0) is 24.5 Å². The molecule has 9 nitrogen and oxygen atoms in total. The molecule has 0 aliphatic rings. The molecule has 0 saturated heterocycles. The highest BCUT2D eigenvalue weighted by Gasteiger charge is 2.13. The number of hydrogen-bond donors (Lipinski definition) is 2. The summed E-state index contributed by atoms with van der Waals surface area (Å²) in [5.41, 5.74) is 5.41. The minimum atomic E-state index is -0.291. The molecule has 0 spiro atoms. The van der Waals surface area contributed by atoms with Gasteiger partial charge in [-0.25, -0.2) is 5.43 Å². The monoisotopic (exact) mass is 676 g/mol. The van der Waals surface area contributed by atoms with Gasteiger partial charge in [-0.2, -0.15) is 5.10 Å². The molecule has 2 aromatic carbocycles. The van der Waals surface area contributed by atoms with Crippen LogP contribution in [-0.4, -0.2) is 32.6 Å². The fourth-order valence-corrected chi connectivity index (χ4v) is 4.82. The third-order valence-corrected chi connectivity index (χ3v) is 7.47. The number of hydrazone groups is 1. The highest BCUT2D eigenvalue weighted by Crippen LogP contribution is 2.23. The maximum absolute atomic E-state index is 12.3. The van der Waals surface area contributed by atoms with Gasteiger partial charge in [0.25, 0.3) is 11.9 Å². The second kappa shape index (κ2) is 14.2. The summed E-state index contributed by atoms with van der Waals surface area (Å²) in [6, 6.07) is 17.1. The number of anilines is 1. The maximum atomic E-state index is 12.3. The summed E-state index contributed by atoms with van der Waals surface area (Å²) in [5.74, 6) is 1.33. The highest BCUT2D eigenvalue weighted by molar-refractivity contribution is 14.1. The molecular formula is C27H26ClIN6O3S. The predicted molar refractivity (Wildman–Crippen MR) is 162 cm³/mol. The third kappa shape index (κ3) is 8.35. The van der Waals surface area contributed by atoms with E-state index in [4.69, 9.17) is 20.8 Å². The van der Waals surface area contributed by atoms with E-state index in [1.54, 1.807) is 18.2 Å². The van der Waals surface area contributed by atoms with Crippen LogP contribution in [0.25, 0.3) is 0 Å². The molecule has 0 aliphatic carbocycles. The number of aromatic nitrogens is 3. The van der Waals surface area contributed by atoms with Crippen molar-refractivity contribution in [1.82, 2.24) is 20.2 Å². The maximum Gasteiger partial charge on any atom is 0.285 e. The number of halogens is 2. The first kappa shape index (κ1) is 28.7. The van der Waals surface area contributed by atoms with Crippen molar-refractivity contribution in [2.24, 2.45) is 5.10 Å². The summed E-state index contributed by atoms with van der Waals surface area (Å²) in [6.45, 7) is 7.09. The molecule has 0 saturated carbocycles. The molecule has 0 fully saturated rings. The van der Waals surface area contributed by atoms with E-state index in [0.29, 0.717) is 35.0 Å². The molecule has 0 atom stereocenters. The number of carbonyl (C=O) groups is 1. The number of hydrogen-bond acceptors (Lipinski definition) is 8. The first-order valence-electron chi connectivity index (χ1n) is 11.9. The number of amides is 1. The zero-order valence-electron chi connectivity index (χ0n) is 21.1. The Kier molecular flexibility index (Phi) is 10.5. The van der Waals surface area contributed by atoms with E-state index in [1.807, 2.05) is 54.0 Å². The number of ether oxygens (including phenoxy) is 1. The Morgan fingerprint density at radius 1 is 1.23 bits per heavy atom. The Morgan fingerprint density at radius 3 is 2.82 bits per heavy atom. The number of allylic oxidation sites excluding steroid dienone is 1. The van der Waals surface area contributed by atoms with Gasteiger partial charge in [-0.15, -0.1) is 16.8 Å². The van der Waals surface area contributed by atoms with E-state index in [-0.39, 0.29) is 18.3 Å². The van der Waals surface area contributed by atoms with Gasteiger partial charge in [0, 0.05) is 32.5 Å². The van der Waals surface area contributed by atoms with Crippen molar-refractivity contribution < 1.29 is 13.9 Å². The molecule has 2 aromatic heterocycles. The largest absolute Gasteiger partial charge is 0.460 e. The summed E-state index contributed by atoms with van der Waals surface area (Å²) < 4.78 is 14.4. The van der Waals surface area contributed by atoms with Crippen LogP contribution in [0.4, 0.5) is 5.69 Å². The molecule has 202 valence electrons. The fourth-order valence-electron chi connectivity index (χ4n) is 3.42. The SMILES string of the molecule is C=CCn1c(CNc2ccc(I)cc2)nnc1SCC(=O)N/N=C/c1ccc(OCc2c(C)cccc2Cl)o1. The van der Waals surface area contributed by atoms with Gasteiger partial charge in [-0.3, -0.25) is 4.79 Å². The van der Waals surface area contributed by atoms with Gasteiger partial charge in [0.2, 0.25) is 0 Å². The van der Waals surface area contributed by atoms with E-state index in [0.717, 1.165) is 26.2 Å². The summed E-state index contributed by atoms with van der Waals surface area (Å²) >= 11 is 9.78. The van der Waals surface area contributed by atoms with E-state index in [9.17, 15) is 4.79 Å². The first-order valence-corrected chi connectivity index (χ1v) is 14.3. The summed E-state index contributed by atoms with van der Waals surface area (Å²) in [7, 11) is 0. The standard InChI is InChI=1S/C27H26ClIN6O3S/c1-3-13-35-24(15-30-20-9-7-19(29)8-10-20)32-34-27(35)39-17-25(36)33-31-14-21-11-12-26(38-21)37-16-22-18(2)5-4-6-23(22)28/h3-12,14,30H,1,13,15-17H2,2H3,(H,33,36)/b31-14+. The highest BCUT2D eigenvalue weighted by atomic mass is 127. The van der Waals surface area contributed by atoms with Gasteiger partial charge in [-0.05, 0) is 71.5 Å². The molecule has 1 amide bonds. The normalized spacial score (nSPS) is 11.1. The Labute approximate surface area is 249 Å². The topological polar surface area (TPSA) is 107 Å². The Hall–Kier alpha value is -3.29. The number of carbonyl (C=O) groups excluding carboxylic acids is 1. The third-order valence-electron chi connectivity index (χ3n) is 5.43. The number of nitrogens with zero attached hydrogens (tertiary/aromatic N) is 4. The van der Waals surface area contributed by atoms with Crippen molar-refractivity contribution in [3.05, 3.63) is 98.6 Å². The van der Waals surface area contributed by atoms with Crippen LogP contribution in [0.1, 0.15) is 22.7 Å². The lowest BCUT2D eigenvalue weighted by molar-refractivity contribution is -0.118. The van der Waals surface area contributed by atoms with Gasteiger partial charge in [0.1, 0.15) is 6.61 Å². The van der Waals surface area contributed by atoms with Crippen molar-refractivity contribution in [2.45, 2.75) is 31.8 Å². The summed E-state index contributed by atoms with van der Waals surface area (Å²) in [5, 5.41) is 17.1. The molecule has 4 rings (SSSR count). The quantitative estimate of drug-likeness (QED) is 0.0584. The molecule has 2 N–H and O–H groups in total. The molecule has 0 unspecified atom stereocenters. The van der Waals surface area contributed by atoms with Gasteiger partial charge in [0.15, 0.2) is 16.7 Å². The van der Waals surface area contributed by atoms with Gasteiger partial charge in [-0.1, -0.05) is 41.6 Å². The van der Waals surface area contributed by atoms with Crippen molar-refractivity contribution >= 4 is 63.8 Å². The molecule has 0 bridgehead atoms. The van der Waals surface area contributed by atoms with Gasteiger partial charge in [0.05, 0.1) is 18.5 Å².